The lowest BCUT2D eigenvalue weighted by Gasteiger charge is -2.11. The molecule has 1 aromatic heterocycles. The van der Waals surface area contributed by atoms with E-state index in [1.165, 1.54) is 48.7 Å². The number of rotatable bonds is 4. The summed E-state index contributed by atoms with van der Waals surface area (Å²) in [7, 11) is 0. The molecule has 3 rings (SSSR count). The average molecular weight is 256 g/mol. The zero-order chi connectivity index (χ0) is 13.2. The standard InChI is InChI=1S/C17H24N2/c1-13(18)10-15-12-19(11-14-6-2-3-7-14)17-9-5-4-8-16(15)17/h4-5,8-9,12-14H,2-3,6-7,10-11,18H2,1H3. The van der Waals surface area contributed by atoms with Gasteiger partial charge in [0.1, 0.15) is 0 Å². The average Bonchev–Trinajstić information content (AvgIpc) is 2.99. The summed E-state index contributed by atoms with van der Waals surface area (Å²) in [5.41, 5.74) is 8.76. The second kappa shape index (κ2) is 5.38. The van der Waals surface area contributed by atoms with Gasteiger partial charge in [0.15, 0.2) is 0 Å². The quantitative estimate of drug-likeness (QED) is 0.888. The number of hydrogen-bond donors (Lipinski definition) is 1. The third-order valence-corrected chi connectivity index (χ3v) is 4.34. The van der Waals surface area contributed by atoms with Crippen molar-refractivity contribution in [2.45, 2.75) is 51.6 Å². The molecule has 1 fully saturated rings. The van der Waals surface area contributed by atoms with Crippen LogP contribution >= 0.6 is 0 Å². The Bertz CT molecular complexity index is 547. The first kappa shape index (κ1) is 12.7. The molecular formula is C17H24N2. The largest absolute Gasteiger partial charge is 0.347 e. The Balaban J connectivity index is 1.94. The predicted molar refractivity (Wildman–Crippen MR) is 81.2 cm³/mol. The molecule has 0 amide bonds. The summed E-state index contributed by atoms with van der Waals surface area (Å²) in [4.78, 5) is 0. The van der Waals surface area contributed by atoms with Crippen molar-refractivity contribution in [2.24, 2.45) is 11.7 Å². The van der Waals surface area contributed by atoms with E-state index in [9.17, 15) is 0 Å². The van der Waals surface area contributed by atoms with E-state index in [1.54, 1.807) is 0 Å². The van der Waals surface area contributed by atoms with Crippen molar-refractivity contribution in [3.8, 4) is 0 Å². The molecule has 1 unspecified atom stereocenters. The topological polar surface area (TPSA) is 30.9 Å². The Morgan fingerprint density at radius 3 is 2.74 bits per heavy atom. The number of aromatic nitrogens is 1. The molecule has 19 heavy (non-hydrogen) atoms. The van der Waals surface area contributed by atoms with Gasteiger partial charge in [0.25, 0.3) is 0 Å². The molecule has 1 atom stereocenters. The molecule has 2 heteroatoms. The van der Waals surface area contributed by atoms with Crippen LogP contribution in [0.5, 0.6) is 0 Å². The van der Waals surface area contributed by atoms with Crippen LogP contribution in [-0.4, -0.2) is 10.6 Å². The summed E-state index contributed by atoms with van der Waals surface area (Å²) in [5.74, 6) is 0.874. The maximum atomic E-state index is 5.98. The lowest BCUT2D eigenvalue weighted by Crippen LogP contribution is -2.17. The first-order chi connectivity index (χ1) is 9.24. The van der Waals surface area contributed by atoms with E-state index < -0.39 is 0 Å². The zero-order valence-electron chi connectivity index (χ0n) is 11.8. The lowest BCUT2D eigenvalue weighted by molar-refractivity contribution is 0.465. The van der Waals surface area contributed by atoms with Crippen LogP contribution < -0.4 is 5.73 Å². The van der Waals surface area contributed by atoms with Crippen molar-refractivity contribution in [1.29, 1.82) is 0 Å². The molecule has 0 spiro atoms. The van der Waals surface area contributed by atoms with E-state index in [2.05, 4.69) is 42.0 Å². The molecule has 0 bridgehead atoms. The van der Waals surface area contributed by atoms with Crippen LogP contribution in [-0.2, 0) is 13.0 Å². The Morgan fingerprint density at radius 2 is 2.00 bits per heavy atom. The maximum absolute atomic E-state index is 5.98. The predicted octanol–water partition coefficient (Wildman–Crippen LogP) is 3.72. The van der Waals surface area contributed by atoms with Gasteiger partial charge in [-0.25, -0.2) is 0 Å². The minimum atomic E-state index is 0.228. The van der Waals surface area contributed by atoms with Crippen LogP contribution in [0.1, 0.15) is 38.2 Å². The van der Waals surface area contributed by atoms with Gasteiger partial charge in [0.2, 0.25) is 0 Å². The molecule has 2 N–H and O–H groups in total. The van der Waals surface area contributed by atoms with E-state index >= 15 is 0 Å². The highest BCUT2D eigenvalue weighted by atomic mass is 15.0. The fourth-order valence-electron chi connectivity index (χ4n) is 3.45. The molecule has 2 aromatic rings. The molecule has 2 nitrogen and oxygen atoms in total. The number of benzene rings is 1. The molecule has 1 heterocycles. The van der Waals surface area contributed by atoms with Crippen molar-refractivity contribution in [1.82, 2.24) is 4.57 Å². The molecule has 0 radical (unpaired) electrons. The zero-order valence-corrected chi connectivity index (χ0v) is 11.8. The first-order valence-electron chi connectivity index (χ1n) is 7.56. The lowest BCUT2D eigenvalue weighted by atomic mass is 10.1. The molecule has 1 saturated carbocycles. The second-order valence-corrected chi connectivity index (χ2v) is 6.16. The van der Waals surface area contributed by atoms with Crippen LogP contribution in [0.4, 0.5) is 0 Å². The van der Waals surface area contributed by atoms with Gasteiger partial charge in [-0.05, 0) is 43.7 Å². The Labute approximate surface area is 115 Å². The van der Waals surface area contributed by atoms with Crippen molar-refractivity contribution in [2.75, 3.05) is 0 Å². The highest BCUT2D eigenvalue weighted by Crippen LogP contribution is 2.29. The molecule has 1 aliphatic rings. The molecule has 0 saturated heterocycles. The second-order valence-electron chi connectivity index (χ2n) is 6.16. The van der Waals surface area contributed by atoms with Gasteiger partial charge < -0.3 is 10.3 Å². The summed E-state index contributed by atoms with van der Waals surface area (Å²) in [6.45, 7) is 3.27. The highest BCUT2D eigenvalue weighted by molar-refractivity contribution is 5.84. The smallest absolute Gasteiger partial charge is 0.0483 e. The number of hydrogen-bond acceptors (Lipinski definition) is 1. The molecule has 1 aromatic carbocycles. The van der Waals surface area contributed by atoms with Gasteiger partial charge in [-0.2, -0.15) is 0 Å². The van der Waals surface area contributed by atoms with Gasteiger partial charge in [-0.15, -0.1) is 0 Å². The number of nitrogens with zero attached hydrogens (tertiary/aromatic N) is 1. The van der Waals surface area contributed by atoms with Gasteiger partial charge >= 0.3 is 0 Å². The normalized spacial score (nSPS) is 18.2. The van der Waals surface area contributed by atoms with Crippen LogP contribution in [0, 0.1) is 5.92 Å². The summed E-state index contributed by atoms with van der Waals surface area (Å²) < 4.78 is 2.46. The summed E-state index contributed by atoms with van der Waals surface area (Å²) >= 11 is 0. The van der Waals surface area contributed by atoms with Crippen LogP contribution in [0.15, 0.2) is 30.5 Å². The number of fused-ring (bicyclic) bond motifs is 1. The third kappa shape index (κ3) is 2.69. The van der Waals surface area contributed by atoms with Gasteiger partial charge in [0, 0.05) is 29.7 Å². The first-order valence-corrected chi connectivity index (χ1v) is 7.56. The van der Waals surface area contributed by atoms with Crippen molar-refractivity contribution < 1.29 is 0 Å². The Hall–Kier alpha value is -1.28. The minimum absolute atomic E-state index is 0.228. The van der Waals surface area contributed by atoms with E-state index in [4.69, 9.17) is 5.73 Å². The fraction of sp³-hybridized carbons (Fsp3) is 0.529. The third-order valence-electron chi connectivity index (χ3n) is 4.34. The van der Waals surface area contributed by atoms with Crippen molar-refractivity contribution in [3.05, 3.63) is 36.0 Å². The molecular weight excluding hydrogens is 232 g/mol. The molecule has 102 valence electrons. The maximum Gasteiger partial charge on any atom is 0.0483 e. The highest BCUT2D eigenvalue weighted by Gasteiger charge is 2.17. The van der Waals surface area contributed by atoms with E-state index in [0.29, 0.717) is 0 Å². The summed E-state index contributed by atoms with van der Waals surface area (Å²) in [6.07, 6.45) is 8.93. The van der Waals surface area contributed by atoms with E-state index in [1.807, 2.05) is 0 Å². The summed E-state index contributed by atoms with van der Waals surface area (Å²) in [6, 6.07) is 8.98. The Kier molecular flexibility index (Phi) is 3.61. The van der Waals surface area contributed by atoms with Crippen molar-refractivity contribution in [3.63, 3.8) is 0 Å². The van der Waals surface area contributed by atoms with Gasteiger partial charge in [-0.1, -0.05) is 31.0 Å². The van der Waals surface area contributed by atoms with Crippen molar-refractivity contribution >= 4 is 10.9 Å². The number of para-hydroxylation sites is 1. The summed E-state index contributed by atoms with van der Waals surface area (Å²) in [5, 5.41) is 1.39. The number of nitrogens with two attached hydrogens (primary N) is 1. The SMILES string of the molecule is CC(N)Cc1cn(CC2CCCC2)c2ccccc12. The Morgan fingerprint density at radius 1 is 1.26 bits per heavy atom. The van der Waals surface area contributed by atoms with Crippen LogP contribution in [0.25, 0.3) is 10.9 Å². The van der Waals surface area contributed by atoms with Crippen LogP contribution in [0.3, 0.4) is 0 Å². The minimum Gasteiger partial charge on any atom is -0.347 e. The molecule has 1 aliphatic carbocycles. The fourth-order valence-corrected chi connectivity index (χ4v) is 3.45. The van der Waals surface area contributed by atoms with Crippen LogP contribution in [0.2, 0.25) is 0 Å². The molecule has 0 aliphatic heterocycles. The van der Waals surface area contributed by atoms with Gasteiger partial charge in [0.05, 0.1) is 0 Å². The van der Waals surface area contributed by atoms with E-state index in [0.717, 1.165) is 12.3 Å². The van der Waals surface area contributed by atoms with E-state index in [-0.39, 0.29) is 6.04 Å². The van der Waals surface area contributed by atoms with Gasteiger partial charge in [-0.3, -0.25) is 0 Å². The monoisotopic (exact) mass is 256 g/mol.